The number of carbonyl (C=O) groups excluding carboxylic acids is 1. The Balaban J connectivity index is 3.78. The molecule has 10 heavy (non-hydrogen) atoms. The second-order valence-corrected chi connectivity index (χ2v) is 4.65. The van der Waals surface area contributed by atoms with Crippen LogP contribution >= 0.6 is 0 Å². The molecule has 0 saturated carbocycles. The van der Waals surface area contributed by atoms with Crippen molar-refractivity contribution in [2.45, 2.75) is 26.1 Å². The van der Waals surface area contributed by atoms with E-state index in [2.05, 4.69) is 0 Å². The third-order valence-corrected chi connectivity index (χ3v) is 2.23. The van der Waals surface area contributed by atoms with E-state index >= 15 is 0 Å². The van der Waals surface area contributed by atoms with Crippen LogP contribution in [0.4, 0.5) is 0 Å². The van der Waals surface area contributed by atoms with E-state index in [9.17, 15) is 4.79 Å². The summed E-state index contributed by atoms with van der Waals surface area (Å²) < 4.78 is 0. The number of ketones is 1. The molecule has 0 rings (SSSR count). The van der Waals surface area contributed by atoms with Gasteiger partial charge < -0.3 is 0 Å². The number of nitriles is 1. The Labute approximate surface area is 67.8 Å². The number of carbonyl (C=O) groups is 1. The van der Waals surface area contributed by atoms with E-state index in [0.29, 0.717) is 5.32 Å². The first kappa shape index (κ1) is 9.68. The molecule has 0 fully saturated rings. The topological polar surface area (TPSA) is 40.9 Å². The third-order valence-electron chi connectivity index (χ3n) is 1.10. The van der Waals surface area contributed by atoms with Crippen molar-refractivity contribution in [1.29, 1.82) is 5.26 Å². The van der Waals surface area contributed by atoms with Gasteiger partial charge in [0.1, 0.15) is 0 Å². The second-order valence-electron chi connectivity index (χ2n) is 3.05. The van der Waals surface area contributed by atoms with Gasteiger partial charge in [0.2, 0.25) is 0 Å². The summed E-state index contributed by atoms with van der Waals surface area (Å²) in [4.78, 5) is 13.1. The fourth-order valence-corrected chi connectivity index (χ4v) is 1.63. The van der Waals surface area contributed by atoms with Crippen LogP contribution in [0.5, 0.6) is 0 Å². The molecule has 0 aliphatic carbocycles. The normalized spacial score (nSPS) is 10.6. The minimum absolute atomic E-state index is 0.148. The average Bonchev–Trinajstić information content (AvgIpc) is 1.80. The second kappa shape index (κ2) is 3.75. The van der Waals surface area contributed by atoms with Gasteiger partial charge in [-0.2, -0.15) is 0 Å². The molecule has 0 saturated heterocycles. The van der Waals surface area contributed by atoms with Crippen LogP contribution in [0, 0.1) is 15.6 Å². The minimum atomic E-state index is -0.265. The van der Waals surface area contributed by atoms with E-state index in [1.165, 1.54) is 0 Å². The Morgan fingerprint density at radius 3 is 2.40 bits per heavy atom. The van der Waals surface area contributed by atoms with Crippen molar-refractivity contribution in [3.63, 3.8) is 0 Å². The van der Waals surface area contributed by atoms with E-state index in [0.717, 1.165) is 0 Å². The summed E-state index contributed by atoms with van der Waals surface area (Å²) in [5, 5.41) is 8.66. The molecule has 56 valence electrons. The summed E-state index contributed by atoms with van der Waals surface area (Å²) in [7, 11) is 0. The number of rotatable bonds is 2. The van der Waals surface area contributed by atoms with Gasteiger partial charge in [-0.25, -0.2) is 0 Å². The summed E-state index contributed by atoms with van der Waals surface area (Å²) in [6.45, 7) is 5.63. The van der Waals surface area contributed by atoms with Gasteiger partial charge >= 0.3 is 67.3 Å². The predicted molar refractivity (Wildman–Crippen MR) is 40.6 cm³/mol. The summed E-state index contributed by atoms with van der Waals surface area (Å²) in [5.74, 6) is 0.189. The van der Waals surface area contributed by atoms with Crippen molar-refractivity contribution in [3.8, 4) is 4.97 Å². The molecular weight excluding hydrogens is 193 g/mol. The summed E-state index contributed by atoms with van der Waals surface area (Å²) in [5.41, 5.74) is -0.265. The van der Waals surface area contributed by atoms with Crippen molar-refractivity contribution in [2.75, 3.05) is 0 Å². The molecule has 0 bridgehead atoms. The molecule has 0 heterocycles. The number of nitrogens with zero attached hydrogens (tertiary/aromatic N) is 1. The molecule has 0 aromatic carbocycles. The third kappa shape index (κ3) is 3.66. The van der Waals surface area contributed by atoms with Crippen molar-refractivity contribution in [1.82, 2.24) is 0 Å². The van der Waals surface area contributed by atoms with Gasteiger partial charge in [-0.3, -0.25) is 0 Å². The zero-order valence-electron chi connectivity index (χ0n) is 6.47. The molecule has 0 aliphatic heterocycles. The predicted octanol–water partition coefficient (Wildman–Crippen LogP) is 1.21. The molecular formula is C7H11NOSe. The molecule has 0 atom stereocenters. The summed E-state index contributed by atoms with van der Waals surface area (Å²) in [6, 6.07) is 0. The van der Waals surface area contributed by atoms with Crippen molar-refractivity contribution in [2.24, 2.45) is 5.41 Å². The zero-order chi connectivity index (χ0) is 8.20. The van der Waals surface area contributed by atoms with Crippen LogP contribution in [-0.2, 0) is 4.79 Å². The quantitative estimate of drug-likeness (QED) is 0.634. The maximum atomic E-state index is 11.1. The summed E-state index contributed by atoms with van der Waals surface area (Å²) >= 11 is -0.148. The number of Topliss-reactive ketones (excluding diaryl/α,β-unsaturated/α-hetero) is 1. The van der Waals surface area contributed by atoms with E-state index in [4.69, 9.17) is 5.26 Å². The molecule has 0 aliphatic rings. The van der Waals surface area contributed by atoms with Crippen molar-refractivity contribution in [3.05, 3.63) is 0 Å². The van der Waals surface area contributed by atoms with Crippen LogP contribution in [0.15, 0.2) is 0 Å². The van der Waals surface area contributed by atoms with Crippen LogP contribution in [0.2, 0.25) is 5.32 Å². The first-order valence-corrected chi connectivity index (χ1v) is 5.09. The molecule has 3 heteroatoms. The Bertz CT molecular complexity index is 163. The van der Waals surface area contributed by atoms with Gasteiger partial charge in [0.25, 0.3) is 0 Å². The first-order chi connectivity index (χ1) is 4.48. The maximum absolute atomic E-state index is 11.1. The SMILES string of the molecule is CC(C)(C)C(=O)C[Se]C#N. The Morgan fingerprint density at radius 2 is 2.10 bits per heavy atom. The molecule has 0 radical (unpaired) electrons. The zero-order valence-corrected chi connectivity index (χ0v) is 8.18. The van der Waals surface area contributed by atoms with Crippen molar-refractivity contribution < 1.29 is 4.79 Å². The molecule has 0 unspecified atom stereocenters. The fraction of sp³-hybridized carbons (Fsp3) is 0.714. The Hall–Kier alpha value is -0.321. The van der Waals surface area contributed by atoms with Gasteiger partial charge in [-0.1, -0.05) is 0 Å². The van der Waals surface area contributed by atoms with E-state index in [-0.39, 0.29) is 26.2 Å². The molecule has 0 amide bonds. The van der Waals surface area contributed by atoms with Gasteiger partial charge in [0.15, 0.2) is 0 Å². The summed E-state index contributed by atoms with van der Waals surface area (Å²) in [6.07, 6.45) is 0. The molecule has 0 aromatic heterocycles. The van der Waals surface area contributed by atoms with E-state index in [1.54, 1.807) is 0 Å². The van der Waals surface area contributed by atoms with Crippen molar-refractivity contribution >= 4 is 20.7 Å². The van der Waals surface area contributed by atoms with Gasteiger partial charge in [0, 0.05) is 0 Å². The van der Waals surface area contributed by atoms with Gasteiger partial charge in [-0.05, 0) is 0 Å². The van der Waals surface area contributed by atoms with Crippen LogP contribution in [0.1, 0.15) is 20.8 Å². The number of hydrogen-bond donors (Lipinski definition) is 0. The van der Waals surface area contributed by atoms with Gasteiger partial charge in [0.05, 0.1) is 0 Å². The monoisotopic (exact) mass is 205 g/mol. The van der Waals surface area contributed by atoms with Crippen LogP contribution in [0.25, 0.3) is 0 Å². The van der Waals surface area contributed by atoms with Gasteiger partial charge in [-0.15, -0.1) is 0 Å². The Kier molecular flexibility index (Phi) is 3.63. The standard InChI is InChI=1S/C7H11NOSe/c1-7(2,3)6(9)4-10-5-8/h4H2,1-3H3. The Morgan fingerprint density at radius 1 is 1.60 bits per heavy atom. The number of hydrogen-bond acceptors (Lipinski definition) is 2. The van der Waals surface area contributed by atoms with E-state index in [1.807, 2.05) is 25.7 Å². The molecule has 0 aromatic rings. The van der Waals surface area contributed by atoms with E-state index < -0.39 is 0 Å². The van der Waals surface area contributed by atoms with Crippen LogP contribution < -0.4 is 0 Å². The van der Waals surface area contributed by atoms with Crippen LogP contribution in [-0.4, -0.2) is 20.7 Å². The fourth-order valence-electron chi connectivity index (χ4n) is 0.314. The average molecular weight is 204 g/mol. The molecule has 0 spiro atoms. The molecule has 2 nitrogen and oxygen atoms in total. The molecule has 0 N–H and O–H groups in total. The first-order valence-electron chi connectivity index (χ1n) is 3.02. The van der Waals surface area contributed by atoms with Crippen LogP contribution in [0.3, 0.4) is 0 Å².